The van der Waals surface area contributed by atoms with Gasteiger partial charge in [0.15, 0.2) is 23.0 Å². The van der Waals surface area contributed by atoms with Crippen molar-refractivity contribution in [3.05, 3.63) is 164 Å². The van der Waals surface area contributed by atoms with Gasteiger partial charge >= 0.3 is 0 Å². The van der Waals surface area contributed by atoms with Crippen molar-refractivity contribution in [3.8, 4) is 80.1 Å². The van der Waals surface area contributed by atoms with Crippen LogP contribution in [0.15, 0.2) is 115 Å². The number of amides is 7. The van der Waals surface area contributed by atoms with Gasteiger partial charge in [0.1, 0.15) is 94.7 Å². The van der Waals surface area contributed by atoms with E-state index in [-0.39, 0.29) is 102 Å². The molecule has 7 aromatic carbocycles. The van der Waals surface area contributed by atoms with Crippen molar-refractivity contribution < 1.29 is 88.3 Å². The van der Waals surface area contributed by atoms with E-state index in [4.69, 9.17) is 47.9 Å². The van der Waals surface area contributed by atoms with E-state index in [1.165, 1.54) is 84.9 Å². The molecule has 0 radical (unpaired) electrons. The molecule has 9 unspecified atom stereocenters. The Morgan fingerprint density at radius 2 is 1.04 bits per heavy atom. The summed E-state index contributed by atoms with van der Waals surface area (Å²) in [6.07, 6.45) is 4.92. The molecular weight excluding hydrogens is 1370 g/mol. The van der Waals surface area contributed by atoms with Gasteiger partial charge in [-0.05, 0) is 145 Å². The zero-order valence-corrected chi connectivity index (χ0v) is 57.8. The van der Waals surface area contributed by atoms with Gasteiger partial charge in [0, 0.05) is 29.8 Å². The fourth-order valence-corrected chi connectivity index (χ4v) is 13.3. The molecule has 0 aromatic heterocycles. The number of fused-ring (bicyclic) bond motifs is 13. The Bertz CT molecular complexity index is 4430. The largest absolute Gasteiger partial charge is 0.508 e. The molecule has 27 nitrogen and oxygen atoms in total. The van der Waals surface area contributed by atoms with E-state index < -0.39 is 136 Å². The molecule has 6 aliphatic rings. The second-order valence-electron chi connectivity index (χ2n) is 25.9. The number of halogens is 2. The topological polar surface area (TPSA) is 411 Å². The lowest BCUT2D eigenvalue weighted by Crippen LogP contribution is -2.56. The number of phenols is 5. The lowest BCUT2D eigenvalue weighted by Gasteiger charge is -2.31. The summed E-state index contributed by atoms with van der Waals surface area (Å²) in [5.41, 5.74) is 4.22. The Hall–Kier alpha value is -10.6. The Kier molecular flexibility index (Phi) is 23.0. The minimum Gasteiger partial charge on any atom is -0.508 e. The lowest BCUT2D eigenvalue weighted by molar-refractivity contribution is -0.137. The molecular formula is C74H79Cl2N9O18. The van der Waals surface area contributed by atoms with Gasteiger partial charge < -0.3 is 103 Å². The summed E-state index contributed by atoms with van der Waals surface area (Å²) >= 11 is 14.3. The van der Waals surface area contributed by atoms with Crippen molar-refractivity contribution in [1.29, 1.82) is 0 Å². The van der Waals surface area contributed by atoms with Gasteiger partial charge in [-0.15, -0.1) is 0 Å². The number of aliphatic hydroxyl groups excluding tert-OH is 2. The number of unbranched alkanes of at least 4 members (excludes halogenated alkanes) is 8. The zero-order valence-electron chi connectivity index (χ0n) is 56.3. The lowest BCUT2D eigenvalue weighted by atomic mass is 9.87. The van der Waals surface area contributed by atoms with Crippen molar-refractivity contribution in [3.63, 3.8) is 0 Å². The quantitative estimate of drug-likeness (QED) is 0.0402. The number of carbonyl (C=O) groups excluding carboxylic acids is 7. The highest BCUT2D eigenvalue weighted by molar-refractivity contribution is 6.32. The number of rotatable bonds is 16. The summed E-state index contributed by atoms with van der Waals surface area (Å²) in [5, 5.41) is 101. The van der Waals surface area contributed by atoms with Crippen LogP contribution in [0.1, 0.15) is 152 Å². The summed E-state index contributed by atoms with van der Waals surface area (Å²) in [7, 11) is 3.64. The molecule has 15 bridgehead atoms. The number of hydrogen-bond donors (Lipinski definition) is 15. The van der Waals surface area contributed by atoms with Crippen LogP contribution in [0.25, 0.3) is 11.1 Å². The first-order chi connectivity index (χ1) is 49.3. The Morgan fingerprint density at radius 1 is 0.505 bits per heavy atom. The first-order valence-electron chi connectivity index (χ1n) is 33.7. The number of hydrogen-bond acceptors (Lipinski definition) is 20. The fraction of sp³-hybridized carbons (Fsp3) is 0.338. The van der Waals surface area contributed by atoms with Crippen LogP contribution in [0.2, 0.25) is 10.0 Å². The zero-order chi connectivity index (χ0) is 73.5. The van der Waals surface area contributed by atoms with Crippen molar-refractivity contribution >= 4 is 64.6 Å². The number of nitrogens with two attached hydrogens (primary N) is 1. The molecule has 16 N–H and O–H groups in total. The number of carbonyl (C=O) groups is 7. The molecule has 542 valence electrons. The number of benzene rings is 7. The molecule has 29 heteroatoms. The van der Waals surface area contributed by atoms with Gasteiger partial charge in [0.05, 0.1) is 16.7 Å². The van der Waals surface area contributed by atoms with E-state index in [0.29, 0.717) is 19.4 Å². The number of nitrogens with one attached hydrogen (secondary N) is 7. The average molecular weight is 1450 g/mol. The highest BCUT2D eigenvalue weighted by Crippen LogP contribution is 2.50. The van der Waals surface area contributed by atoms with Crippen LogP contribution in [0.5, 0.6) is 69.0 Å². The average Bonchev–Trinajstić information content (AvgIpc) is 1.71. The van der Waals surface area contributed by atoms with Crippen LogP contribution in [0.3, 0.4) is 0 Å². The van der Waals surface area contributed by atoms with Gasteiger partial charge in [-0.25, -0.2) is 0 Å². The molecule has 6 aliphatic heterocycles. The molecule has 0 aliphatic carbocycles. The number of ether oxygens (including phenoxy) is 4. The summed E-state index contributed by atoms with van der Waals surface area (Å²) in [5.74, 6) is -13.1. The third-order valence-corrected chi connectivity index (χ3v) is 18.7. The highest BCUT2D eigenvalue weighted by Gasteiger charge is 2.43. The van der Waals surface area contributed by atoms with E-state index in [9.17, 15) is 45.3 Å². The van der Waals surface area contributed by atoms with Gasteiger partial charge in [-0.3, -0.25) is 33.6 Å². The van der Waals surface area contributed by atoms with E-state index in [2.05, 4.69) is 44.1 Å². The molecule has 103 heavy (non-hydrogen) atoms. The molecule has 7 aromatic rings. The number of aromatic hydroxyl groups is 5. The van der Waals surface area contributed by atoms with E-state index in [1.807, 2.05) is 19.0 Å². The van der Waals surface area contributed by atoms with Gasteiger partial charge in [-0.1, -0.05) is 112 Å². The van der Waals surface area contributed by atoms with E-state index in [1.54, 1.807) is 0 Å². The smallest absolute Gasteiger partial charge is 0.248 e. The van der Waals surface area contributed by atoms with Gasteiger partial charge in [-0.2, -0.15) is 0 Å². The minimum absolute atomic E-state index is 0.0300. The normalized spacial score (nSPS) is 21.0. The summed E-state index contributed by atoms with van der Waals surface area (Å²) in [6.45, 7) is 2.72. The van der Waals surface area contributed by atoms with Crippen molar-refractivity contribution in [1.82, 2.24) is 42.1 Å². The number of nitrogens with zero attached hydrogens (tertiary/aromatic N) is 1. The number of phenolic OH excluding ortho intramolecular Hbond substituents is 5. The fourth-order valence-electron chi connectivity index (χ4n) is 12.8. The molecule has 6 heterocycles. The van der Waals surface area contributed by atoms with E-state index in [0.717, 1.165) is 81.7 Å². The Labute approximate surface area is 601 Å². The van der Waals surface area contributed by atoms with Crippen molar-refractivity contribution in [2.24, 2.45) is 5.73 Å². The Morgan fingerprint density at radius 3 is 1.66 bits per heavy atom. The molecule has 0 saturated heterocycles. The summed E-state index contributed by atoms with van der Waals surface area (Å²) in [4.78, 5) is 110. The first-order valence-corrected chi connectivity index (χ1v) is 34.5. The second-order valence-corrected chi connectivity index (χ2v) is 26.7. The predicted molar refractivity (Wildman–Crippen MR) is 376 cm³/mol. The first kappa shape index (κ1) is 73.7. The van der Waals surface area contributed by atoms with Crippen LogP contribution >= 0.6 is 23.2 Å². The monoisotopic (exact) mass is 1450 g/mol. The third-order valence-electron chi connectivity index (χ3n) is 18.2. The number of aliphatic hydroxyl groups is 2. The van der Waals surface area contributed by atoms with Gasteiger partial charge in [0.2, 0.25) is 47.1 Å². The van der Waals surface area contributed by atoms with Crippen molar-refractivity contribution in [2.75, 3.05) is 33.8 Å². The van der Waals surface area contributed by atoms with Crippen LogP contribution < -0.4 is 61.9 Å². The SMILES string of the molecule is CCCCCCCCCCCOc1c2cc3cc1Oc1ccc(cc1Cl)C(O)C1NC(=O)C(NC(=O)C3NC(=O)C3NC(=O)C(NC(=O)C(N)c4ccc(O)c(c4)Oc4cc(O)cc3c4)C(O)c3ccc(c(Cl)c3)O2)c2cccc(O)c2-c2c(O)cc(O)cc2C(C(=O)NCCCN(C)C)NC1=O. The molecule has 7 amide bonds. The molecule has 9 atom stereocenters. The minimum atomic E-state index is -2.21. The standard InChI is InChI=1S/C74H79Cl2N9O18/c1-4-5-6-7-8-9-10-11-12-25-100-67-54-31-40-32-55(67)103-52-22-19-38(29-47(52)76)66(92)64-74(99)82-62(69(94)78-23-14-24-85(2)3)45-34-42(87)35-50(90)57(45)56-44(15-13-16-49(56)89)61(72(97)84-64)81-71(96)60(40)79-70(95)59-39-26-41(86)33-43(27-39)101-53-30-36(17-20-48(53)88)58(77)68(93)83-63(73(98)80-59)65(91)37-18-21-51(102-54)46(75)28-37/h13,15-22,26-35,58-66,86-92H,4-12,14,23-25,77H2,1-3H3,(H,78,94)(H,79,95)(H,80,98)(H,81,96)(H,82,99)(H,83,93)(H,84,97). The Balaban J connectivity index is 1.15. The summed E-state index contributed by atoms with van der Waals surface area (Å²) < 4.78 is 26.1. The summed E-state index contributed by atoms with van der Waals surface area (Å²) in [6, 6.07) is 8.73. The maximum absolute atomic E-state index is 16.4. The van der Waals surface area contributed by atoms with Crippen LogP contribution in [0, 0.1) is 0 Å². The molecule has 13 rings (SSSR count). The molecule has 0 spiro atoms. The van der Waals surface area contributed by atoms with Crippen LogP contribution in [-0.2, 0) is 33.6 Å². The third kappa shape index (κ3) is 16.7. The molecule has 0 fully saturated rings. The van der Waals surface area contributed by atoms with Gasteiger partial charge in [0.25, 0.3) is 0 Å². The van der Waals surface area contributed by atoms with E-state index >= 15 is 24.0 Å². The predicted octanol–water partition coefficient (Wildman–Crippen LogP) is 8.66. The van der Waals surface area contributed by atoms with Crippen molar-refractivity contribution in [2.45, 2.75) is 126 Å². The maximum atomic E-state index is 16.4. The van der Waals surface area contributed by atoms with Crippen LogP contribution in [0.4, 0.5) is 0 Å². The second kappa shape index (κ2) is 32.2. The van der Waals surface area contributed by atoms with Crippen LogP contribution in [-0.4, -0.2) is 128 Å². The maximum Gasteiger partial charge on any atom is 0.248 e. The highest BCUT2D eigenvalue weighted by atomic mass is 35.5. The molecule has 0 saturated carbocycles.